The number of hydrogen-bond acceptors (Lipinski definition) is 4. The van der Waals surface area contributed by atoms with Gasteiger partial charge in [0.25, 0.3) is 0 Å². The van der Waals surface area contributed by atoms with Gasteiger partial charge in [0, 0.05) is 26.1 Å². The molecule has 44 heavy (non-hydrogen) atoms. The van der Waals surface area contributed by atoms with Crippen LogP contribution in [-0.2, 0) is 19.8 Å². The third kappa shape index (κ3) is 6.16. The Hall–Kier alpha value is -3.97. The lowest BCUT2D eigenvalue weighted by Gasteiger charge is -2.38. The molecule has 3 saturated heterocycles. The number of benzene rings is 3. The molecule has 3 aromatic rings. The van der Waals surface area contributed by atoms with Gasteiger partial charge in [-0.2, -0.15) is 0 Å². The fourth-order valence-electron chi connectivity index (χ4n) is 7.58. The number of nitrogens with zero attached hydrogens (tertiary/aromatic N) is 2. The van der Waals surface area contributed by atoms with Crippen LogP contribution in [0.5, 0.6) is 0 Å². The topological polar surface area (TPSA) is 81.8 Å². The van der Waals surface area contributed by atoms with Crippen molar-refractivity contribution in [2.45, 2.75) is 62.4 Å². The Labute approximate surface area is 261 Å². The van der Waals surface area contributed by atoms with Crippen LogP contribution < -0.4 is 10.6 Å². The van der Waals surface area contributed by atoms with Crippen molar-refractivity contribution in [3.05, 3.63) is 108 Å². The molecule has 3 amide bonds. The number of carbonyl (C=O) groups excluding carboxylic acids is 3. The van der Waals surface area contributed by atoms with Crippen LogP contribution in [0.2, 0.25) is 0 Å². The third-order valence-electron chi connectivity index (χ3n) is 9.88. The second-order valence-corrected chi connectivity index (χ2v) is 12.6. The molecule has 3 aliphatic heterocycles. The summed E-state index contributed by atoms with van der Waals surface area (Å²) in [5, 5.41) is 6.54. The van der Waals surface area contributed by atoms with Gasteiger partial charge in [-0.25, -0.2) is 0 Å². The van der Waals surface area contributed by atoms with E-state index in [1.165, 1.54) is 0 Å². The molecule has 3 atom stereocenters. The Bertz CT molecular complexity index is 1310. The number of carbonyl (C=O) groups is 3. The van der Waals surface area contributed by atoms with E-state index in [9.17, 15) is 14.4 Å². The SMILES string of the molecule is O=C(NCC1CCCNC1)C1CCCN1C(=O)C1CCCN1C(=O)CC(c1ccccc1)(c1ccccc1)c1ccccc1. The number of piperidine rings is 1. The maximum atomic E-state index is 14.5. The van der Waals surface area contributed by atoms with Crippen molar-refractivity contribution in [3.8, 4) is 0 Å². The lowest BCUT2D eigenvalue weighted by Crippen LogP contribution is -2.54. The van der Waals surface area contributed by atoms with Crippen LogP contribution >= 0.6 is 0 Å². The molecule has 0 aliphatic carbocycles. The molecule has 0 aromatic heterocycles. The highest BCUT2D eigenvalue weighted by atomic mass is 16.2. The van der Waals surface area contributed by atoms with Crippen LogP contribution in [0, 0.1) is 5.92 Å². The van der Waals surface area contributed by atoms with E-state index >= 15 is 0 Å². The Morgan fingerprint density at radius 3 is 1.80 bits per heavy atom. The van der Waals surface area contributed by atoms with Crippen LogP contribution in [0.4, 0.5) is 0 Å². The number of hydrogen-bond donors (Lipinski definition) is 2. The molecule has 3 aromatic carbocycles. The molecular weight excluding hydrogens is 548 g/mol. The van der Waals surface area contributed by atoms with Crippen LogP contribution in [0.15, 0.2) is 91.0 Å². The van der Waals surface area contributed by atoms with Gasteiger partial charge in [0.05, 0.1) is 5.41 Å². The molecule has 3 aliphatic rings. The van der Waals surface area contributed by atoms with Crippen LogP contribution in [0.25, 0.3) is 0 Å². The summed E-state index contributed by atoms with van der Waals surface area (Å²) in [4.78, 5) is 45.4. The van der Waals surface area contributed by atoms with Crippen molar-refractivity contribution in [1.82, 2.24) is 20.4 Å². The number of nitrogens with one attached hydrogen (secondary N) is 2. The van der Waals surface area contributed by atoms with E-state index < -0.39 is 17.5 Å². The van der Waals surface area contributed by atoms with Crippen molar-refractivity contribution in [2.75, 3.05) is 32.7 Å². The first kappa shape index (κ1) is 30.1. The summed E-state index contributed by atoms with van der Waals surface area (Å²) in [5.41, 5.74) is 2.40. The fraction of sp³-hybridized carbons (Fsp3) is 0.432. The highest BCUT2D eigenvalue weighted by Crippen LogP contribution is 2.43. The van der Waals surface area contributed by atoms with E-state index in [4.69, 9.17) is 0 Å². The van der Waals surface area contributed by atoms with E-state index in [0.29, 0.717) is 38.4 Å². The fourth-order valence-corrected chi connectivity index (χ4v) is 7.58. The lowest BCUT2D eigenvalue weighted by atomic mass is 9.67. The largest absolute Gasteiger partial charge is 0.354 e. The molecule has 3 heterocycles. The van der Waals surface area contributed by atoms with Crippen LogP contribution in [0.1, 0.15) is 61.6 Å². The van der Waals surface area contributed by atoms with E-state index in [-0.39, 0.29) is 24.1 Å². The molecule has 230 valence electrons. The minimum Gasteiger partial charge on any atom is -0.354 e. The third-order valence-corrected chi connectivity index (χ3v) is 9.88. The minimum absolute atomic E-state index is 0.0394. The summed E-state index contributed by atoms with van der Waals surface area (Å²) in [6.07, 6.45) is 5.30. The zero-order valence-electron chi connectivity index (χ0n) is 25.5. The van der Waals surface area contributed by atoms with Gasteiger partial charge in [-0.3, -0.25) is 14.4 Å². The molecular formula is C37H44N4O3. The molecule has 0 saturated carbocycles. The minimum atomic E-state index is -0.721. The summed E-state index contributed by atoms with van der Waals surface area (Å²) in [6, 6.07) is 29.7. The number of likely N-dealkylation sites (tertiary alicyclic amines) is 2. The van der Waals surface area contributed by atoms with Gasteiger partial charge in [0.2, 0.25) is 17.7 Å². The summed E-state index contributed by atoms with van der Waals surface area (Å²) in [7, 11) is 0. The normalized spacial score (nSPS) is 22.1. The van der Waals surface area contributed by atoms with Crippen LogP contribution in [0.3, 0.4) is 0 Å². The van der Waals surface area contributed by atoms with Gasteiger partial charge >= 0.3 is 0 Å². The smallest absolute Gasteiger partial charge is 0.246 e. The Balaban J connectivity index is 1.24. The van der Waals surface area contributed by atoms with Crippen LogP contribution in [-0.4, -0.2) is 72.3 Å². The van der Waals surface area contributed by atoms with Gasteiger partial charge in [-0.1, -0.05) is 91.0 Å². The lowest BCUT2D eigenvalue weighted by molar-refractivity contribution is -0.146. The van der Waals surface area contributed by atoms with Crippen molar-refractivity contribution >= 4 is 17.7 Å². The quantitative estimate of drug-likeness (QED) is 0.359. The molecule has 3 unspecified atom stereocenters. The summed E-state index contributed by atoms with van der Waals surface area (Å²) >= 11 is 0. The van der Waals surface area contributed by atoms with E-state index in [1.807, 2.05) is 54.6 Å². The number of amides is 3. The molecule has 0 spiro atoms. The predicted octanol–water partition coefficient (Wildman–Crippen LogP) is 4.51. The molecule has 3 fully saturated rings. The first-order valence-corrected chi connectivity index (χ1v) is 16.3. The first-order chi connectivity index (χ1) is 21.6. The monoisotopic (exact) mass is 592 g/mol. The average molecular weight is 593 g/mol. The van der Waals surface area contributed by atoms with Crippen molar-refractivity contribution < 1.29 is 14.4 Å². The molecule has 7 heteroatoms. The highest BCUT2D eigenvalue weighted by Gasteiger charge is 2.45. The van der Waals surface area contributed by atoms with Gasteiger partial charge in [-0.05, 0) is 74.2 Å². The van der Waals surface area contributed by atoms with E-state index in [0.717, 1.165) is 55.5 Å². The first-order valence-electron chi connectivity index (χ1n) is 16.3. The highest BCUT2D eigenvalue weighted by molar-refractivity contribution is 5.93. The van der Waals surface area contributed by atoms with Gasteiger partial charge in [0.15, 0.2) is 0 Å². The van der Waals surface area contributed by atoms with E-state index in [2.05, 4.69) is 47.0 Å². The summed E-state index contributed by atoms with van der Waals surface area (Å²) in [6.45, 7) is 3.70. The molecule has 7 nitrogen and oxygen atoms in total. The second kappa shape index (κ2) is 13.8. The zero-order valence-corrected chi connectivity index (χ0v) is 25.5. The zero-order chi connectivity index (χ0) is 30.4. The van der Waals surface area contributed by atoms with Crippen molar-refractivity contribution in [2.24, 2.45) is 5.92 Å². The van der Waals surface area contributed by atoms with Gasteiger partial charge in [0.1, 0.15) is 12.1 Å². The molecule has 0 bridgehead atoms. The number of rotatable bonds is 9. The standard InChI is InChI=1S/C37H44N4O3/c42-34(25-37(29-14-4-1-5-15-29,30-16-6-2-7-17-30)31-18-8-3-9-19-31)40-23-12-21-33(40)36(44)41-24-11-20-32(41)35(43)39-27-28-13-10-22-38-26-28/h1-9,14-19,28,32-33,38H,10-13,20-27H2,(H,39,43). The average Bonchev–Trinajstić information content (AvgIpc) is 3.79. The second-order valence-electron chi connectivity index (χ2n) is 12.6. The Kier molecular flexibility index (Phi) is 9.41. The molecule has 0 radical (unpaired) electrons. The van der Waals surface area contributed by atoms with E-state index in [1.54, 1.807) is 9.80 Å². The predicted molar refractivity (Wildman–Crippen MR) is 172 cm³/mol. The summed E-state index contributed by atoms with van der Waals surface area (Å²) in [5.74, 6) is 0.244. The van der Waals surface area contributed by atoms with Gasteiger partial charge in [-0.15, -0.1) is 0 Å². The summed E-state index contributed by atoms with van der Waals surface area (Å²) < 4.78 is 0. The van der Waals surface area contributed by atoms with Crippen molar-refractivity contribution in [1.29, 1.82) is 0 Å². The maximum absolute atomic E-state index is 14.5. The maximum Gasteiger partial charge on any atom is 0.246 e. The Morgan fingerprint density at radius 2 is 1.25 bits per heavy atom. The Morgan fingerprint density at radius 1 is 0.705 bits per heavy atom. The molecule has 2 N–H and O–H groups in total. The van der Waals surface area contributed by atoms with Crippen molar-refractivity contribution in [3.63, 3.8) is 0 Å². The molecule has 6 rings (SSSR count). The van der Waals surface area contributed by atoms with Gasteiger partial charge < -0.3 is 20.4 Å².